The van der Waals surface area contributed by atoms with Crippen LogP contribution in [0.15, 0.2) is 47.1 Å². The molecule has 29 heavy (non-hydrogen) atoms. The third-order valence-corrected chi connectivity index (χ3v) is 5.49. The van der Waals surface area contributed by atoms with Crippen LogP contribution in [0.3, 0.4) is 0 Å². The molecule has 0 aliphatic rings. The van der Waals surface area contributed by atoms with E-state index in [1.54, 1.807) is 6.26 Å². The Kier molecular flexibility index (Phi) is 6.42. The third kappa shape index (κ3) is 4.53. The minimum Gasteiger partial charge on any atom is -0.467 e. The number of carbonyl (C=O) groups excluding carboxylic acids is 1. The van der Waals surface area contributed by atoms with Crippen LogP contribution in [-0.2, 0) is 11.3 Å². The second-order valence-corrected chi connectivity index (χ2v) is 7.42. The van der Waals surface area contributed by atoms with Crippen LogP contribution in [0.5, 0.6) is 0 Å². The van der Waals surface area contributed by atoms with Crippen LogP contribution in [-0.4, -0.2) is 17.0 Å². The lowest BCUT2D eigenvalue weighted by Gasteiger charge is -2.14. The molecule has 0 fully saturated rings. The number of aromatic nitrogens is 1. The smallest absolute Gasteiger partial charge is 0.280 e. The average molecular weight is 412 g/mol. The molecule has 0 spiro atoms. The molecule has 2 aromatic heterocycles. The molecule has 150 valence electrons. The van der Waals surface area contributed by atoms with E-state index in [4.69, 9.17) is 16.0 Å². The van der Waals surface area contributed by atoms with Crippen molar-refractivity contribution in [2.45, 2.75) is 33.4 Å². The van der Waals surface area contributed by atoms with Gasteiger partial charge in [0.2, 0.25) is 0 Å². The predicted octanol–water partition coefficient (Wildman–Crippen LogP) is 3.53. The Bertz CT molecular complexity index is 1050. The second kappa shape index (κ2) is 8.99. The maximum absolute atomic E-state index is 12.7. The Hall–Kier alpha value is -3.01. The summed E-state index contributed by atoms with van der Waals surface area (Å²) < 4.78 is 7.34. The topological polar surface area (TPSA) is 87.6 Å². The van der Waals surface area contributed by atoms with E-state index in [9.17, 15) is 10.1 Å². The SMILES string of the molecule is Cc1c(C#N)c(NC(=O)C[NH2+][C@H](C)c2ccccc2Cl)n(Cc2ccco2)c1C. The fourth-order valence-electron chi connectivity index (χ4n) is 3.32. The van der Waals surface area contributed by atoms with E-state index in [0.29, 0.717) is 22.9 Å². The number of amides is 1. The highest BCUT2D eigenvalue weighted by Crippen LogP contribution is 2.27. The minimum atomic E-state index is -0.182. The van der Waals surface area contributed by atoms with Crippen LogP contribution < -0.4 is 10.6 Å². The fraction of sp³-hybridized carbons (Fsp3) is 0.273. The molecule has 7 heteroatoms. The second-order valence-electron chi connectivity index (χ2n) is 7.01. The lowest BCUT2D eigenvalue weighted by molar-refractivity contribution is -0.682. The summed E-state index contributed by atoms with van der Waals surface area (Å²) in [6.45, 7) is 6.47. The van der Waals surface area contributed by atoms with E-state index >= 15 is 0 Å². The van der Waals surface area contributed by atoms with E-state index in [-0.39, 0.29) is 18.5 Å². The van der Waals surface area contributed by atoms with E-state index in [0.717, 1.165) is 22.6 Å². The summed E-state index contributed by atoms with van der Waals surface area (Å²) in [5.41, 5.74) is 3.22. The van der Waals surface area contributed by atoms with Crippen molar-refractivity contribution in [3.63, 3.8) is 0 Å². The molecule has 0 saturated carbocycles. The Balaban J connectivity index is 1.75. The zero-order valence-corrected chi connectivity index (χ0v) is 17.5. The molecule has 3 rings (SSSR count). The Morgan fingerprint density at radius 1 is 1.31 bits per heavy atom. The van der Waals surface area contributed by atoms with Gasteiger partial charge in [0, 0.05) is 16.3 Å². The van der Waals surface area contributed by atoms with E-state index in [1.807, 2.05) is 67.1 Å². The number of hydrogen-bond donors (Lipinski definition) is 2. The number of quaternary nitrogens is 1. The van der Waals surface area contributed by atoms with Gasteiger partial charge in [-0.05, 0) is 44.5 Å². The molecule has 0 aliphatic heterocycles. The largest absolute Gasteiger partial charge is 0.467 e. The van der Waals surface area contributed by atoms with Crippen molar-refractivity contribution in [2.24, 2.45) is 0 Å². The zero-order valence-electron chi connectivity index (χ0n) is 16.7. The number of carbonyl (C=O) groups is 1. The summed E-state index contributed by atoms with van der Waals surface area (Å²) >= 11 is 6.24. The fourth-order valence-corrected chi connectivity index (χ4v) is 3.63. The molecule has 1 amide bonds. The number of anilines is 1. The van der Waals surface area contributed by atoms with Crippen LogP contribution in [0.1, 0.15) is 41.1 Å². The van der Waals surface area contributed by atoms with Crippen molar-refractivity contribution < 1.29 is 14.5 Å². The van der Waals surface area contributed by atoms with Crippen molar-refractivity contribution in [1.29, 1.82) is 5.26 Å². The summed E-state index contributed by atoms with van der Waals surface area (Å²) in [6, 6.07) is 13.5. The molecule has 1 atom stereocenters. The van der Waals surface area contributed by atoms with Gasteiger partial charge in [-0.1, -0.05) is 29.8 Å². The molecule has 0 unspecified atom stereocenters. The monoisotopic (exact) mass is 411 g/mol. The highest BCUT2D eigenvalue weighted by molar-refractivity contribution is 6.31. The lowest BCUT2D eigenvalue weighted by Crippen LogP contribution is -2.86. The van der Waals surface area contributed by atoms with Gasteiger partial charge >= 0.3 is 0 Å². The molecule has 0 aliphatic carbocycles. The number of halogens is 1. The number of nitrogens with one attached hydrogen (secondary N) is 1. The van der Waals surface area contributed by atoms with E-state index in [1.165, 1.54) is 0 Å². The number of rotatable bonds is 7. The van der Waals surface area contributed by atoms with Crippen LogP contribution >= 0.6 is 11.6 Å². The van der Waals surface area contributed by atoms with Crippen molar-refractivity contribution in [3.05, 3.63) is 75.8 Å². The highest BCUT2D eigenvalue weighted by atomic mass is 35.5. The molecule has 0 saturated heterocycles. The highest BCUT2D eigenvalue weighted by Gasteiger charge is 2.21. The maximum atomic E-state index is 12.7. The van der Waals surface area contributed by atoms with Crippen molar-refractivity contribution in [2.75, 3.05) is 11.9 Å². The predicted molar refractivity (Wildman–Crippen MR) is 112 cm³/mol. The molecular formula is C22H24ClN4O2+. The molecule has 0 bridgehead atoms. The van der Waals surface area contributed by atoms with Gasteiger partial charge in [0.1, 0.15) is 23.7 Å². The summed E-state index contributed by atoms with van der Waals surface area (Å²) in [7, 11) is 0. The molecule has 0 radical (unpaired) electrons. The van der Waals surface area contributed by atoms with Gasteiger partial charge in [-0.15, -0.1) is 0 Å². The Labute approximate surface area is 175 Å². The molecule has 6 nitrogen and oxygen atoms in total. The van der Waals surface area contributed by atoms with Gasteiger partial charge in [-0.25, -0.2) is 0 Å². The van der Waals surface area contributed by atoms with Crippen molar-refractivity contribution in [1.82, 2.24) is 4.57 Å². The number of hydrogen-bond acceptors (Lipinski definition) is 3. The molecule has 3 N–H and O–H groups in total. The van der Waals surface area contributed by atoms with Crippen molar-refractivity contribution >= 4 is 23.3 Å². The molecule has 3 aromatic rings. The van der Waals surface area contributed by atoms with E-state index in [2.05, 4.69) is 11.4 Å². The first kappa shape index (κ1) is 20.7. The summed E-state index contributed by atoms with van der Waals surface area (Å²) in [6.07, 6.45) is 1.61. The van der Waals surface area contributed by atoms with Crippen LogP contribution in [0, 0.1) is 25.2 Å². The first-order valence-corrected chi connectivity index (χ1v) is 9.80. The Morgan fingerprint density at radius 2 is 2.07 bits per heavy atom. The Morgan fingerprint density at radius 3 is 2.72 bits per heavy atom. The third-order valence-electron chi connectivity index (χ3n) is 5.15. The van der Waals surface area contributed by atoms with Gasteiger partial charge in [0.15, 0.2) is 6.54 Å². The van der Waals surface area contributed by atoms with Gasteiger partial charge in [-0.3, -0.25) is 4.79 Å². The summed E-state index contributed by atoms with van der Waals surface area (Å²) in [5, 5.41) is 15.1. The number of nitrogens with two attached hydrogens (primary N) is 1. The number of furan rings is 1. The van der Waals surface area contributed by atoms with Crippen molar-refractivity contribution in [3.8, 4) is 6.07 Å². The first-order chi connectivity index (χ1) is 13.9. The van der Waals surface area contributed by atoms with E-state index < -0.39 is 0 Å². The van der Waals surface area contributed by atoms with Gasteiger partial charge in [-0.2, -0.15) is 5.26 Å². The number of nitriles is 1. The molecule has 1 aromatic carbocycles. The normalized spacial score (nSPS) is 11.8. The first-order valence-electron chi connectivity index (χ1n) is 9.42. The number of nitrogens with zero attached hydrogens (tertiary/aromatic N) is 2. The van der Waals surface area contributed by atoms with Crippen LogP contribution in [0.25, 0.3) is 0 Å². The van der Waals surface area contributed by atoms with Crippen LogP contribution in [0.4, 0.5) is 5.82 Å². The van der Waals surface area contributed by atoms with Gasteiger partial charge in [0.25, 0.3) is 5.91 Å². The molecule has 2 heterocycles. The van der Waals surface area contributed by atoms with Gasteiger partial charge < -0.3 is 19.6 Å². The standard InChI is InChI=1S/C22H23ClN4O2/c1-14-16(3)27(13-17-7-6-10-29-17)22(19(14)11-24)26-21(28)12-25-15(2)18-8-4-5-9-20(18)23/h4-10,15,25H,12-13H2,1-3H3,(H,26,28)/p+1/t15-/m1/s1. The average Bonchev–Trinajstić information content (AvgIpc) is 3.29. The zero-order chi connectivity index (χ0) is 21.0. The number of benzene rings is 1. The lowest BCUT2D eigenvalue weighted by atomic mass is 10.1. The summed E-state index contributed by atoms with van der Waals surface area (Å²) in [5.74, 6) is 1.07. The van der Waals surface area contributed by atoms with Gasteiger partial charge in [0.05, 0.1) is 18.4 Å². The van der Waals surface area contributed by atoms with Crippen LogP contribution in [0.2, 0.25) is 5.02 Å². The summed E-state index contributed by atoms with van der Waals surface area (Å²) in [4.78, 5) is 12.7. The quantitative estimate of drug-likeness (QED) is 0.623. The minimum absolute atomic E-state index is 0.0308. The molecular weight excluding hydrogens is 388 g/mol. The maximum Gasteiger partial charge on any atom is 0.280 e.